The van der Waals surface area contributed by atoms with Crippen molar-refractivity contribution in [1.82, 2.24) is 15.5 Å². The highest BCUT2D eigenvalue weighted by Crippen LogP contribution is 2.28. The molecule has 0 saturated heterocycles. The summed E-state index contributed by atoms with van der Waals surface area (Å²) in [6.07, 6.45) is 8.27. The Kier molecular flexibility index (Phi) is 6.16. The lowest BCUT2D eigenvalue weighted by molar-refractivity contribution is 0.411. The average Bonchev–Trinajstić information content (AvgIpc) is 2.93. The van der Waals surface area contributed by atoms with Gasteiger partial charge in [0, 0.05) is 11.3 Å². The van der Waals surface area contributed by atoms with Gasteiger partial charge in [-0.05, 0) is 45.4 Å². The Hall–Kier alpha value is -0.750. The van der Waals surface area contributed by atoms with Crippen LogP contribution in [-0.2, 0) is 0 Å². The van der Waals surface area contributed by atoms with Crippen molar-refractivity contribution < 1.29 is 4.42 Å². The van der Waals surface area contributed by atoms with E-state index in [0.717, 1.165) is 18.2 Å². The van der Waals surface area contributed by atoms with Crippen molar-refractivity contribution in [2.24, 2.45) is 0 Å². The molecular formula is C14H26N4OS. The van der Waals surface area contributed by atoms with E-state index in [2.05, 4.69) is 40.9 Å². The molecule has 0 bridgehead atoms. The van der Waals surface area contributed by atoms with Gasteiger partial charge in [0.25, 0.3) is 0 Å². The quantitative estimate of drug-likeness (QED) is 0.806. The fourth-order valence-electron chi connectivity index (χ4n) is 2.58. The van der Waals surface area contributed by atoms with E-state index >= 15 is 0 Å². The summed E-state index contributed by atoms with van der Waals surface area (Å²) in [5, 5.41) is 15.8. The molecule has 1 fully saturated rings. The van der Waals surface area contributed by atoms with Crippen LogP contribution in [0.15, 0.2) is 4.42 Å². The van der Waals surface area contributed by atoms with Crippen molar-refractivity contribution in [2.75, 3.05) is 18.1 Å². The van der Waals surface area contributed by atoms with Crippen molar-refractivity contribution in [3.05, 3.63) is 5.89 Å². The fraction of sp³-hybridized carbons (Fsp3) is 0.857. The molecular weight excluding hydrogens is 272 g/mol. The van der Waals surface area contributed by atoms with Gasteiger partial charge < -0.3 is 15.1 Å². The van der Waals surface area contributed by atoms with Gasteiger partial charge in [0.15, 0.2) is 0 Å². The molecule has 3 unspecified atom stereocenters. The molecule has 1 aromatic rings. The molecule has 2 N–H and O–H groups in total. The van der Waals surface area contributed by atoms with Crippen LogP contribution < -0.4 is 10.6 Å². The van der Waals surface area contributed by atoms with E-state index in [1.54, 1.807) is 0 Å². The maximum absolute atomic E-state index is 5.71. The minimum Gasteiger partial charge on any atom is -0.406 e. The van der Waals surface area contributed by atoms with Gasteiger partial charge in [-0.3, -0.25) is 0 Å². The standard InChI is InChI=1S/C14H26N4OS/c1-4-8-15-10(2)13-17-18-14(19-13)16-11-6-5-7-12(9-11)20-3/h10-12,15H,4-9H2,1-3H3,(H,16,18). The van der Waals surface area contributed by atoms with Crippen molar-refractivity contribution in [2.45, 2.75) is 63.3 Å². The average molecular weight is 298 g/mol. The highest BCUT2D eigenvalue weighted by molar-refractivity contribution is 7.99. The Bertz CT molecular complexity index is 398. The molecule has 0 amide bonds. The number of hydrogen-bond donors (Lipinski definition) is 2. The first-order chi connectivity index (χ1) is 9.72. The molecule has 20 heavy (non-hydrogen) atoms. The number of nitrogens with zero attached hydrogens (tertiary/aromatic N) is 2. The summed E-state index contributed by atoms with van der Waals surface area (Å²) >= 11 is 1.96. The summed E-state index contributed by atoms with van der Waals surface area (Å²) in [6.45, 7) is 5.16. The molecule has 1 heterocycles. The van der Waals surface area contributed by atoms with E-state index in [9.17, 15) is 0 Å². The van der Waals surface area contributed by atoms with E-state index in [0.29, 0.717) is 17.9 Å². The van der Waals surface area contributed by atoms with Crippen LogP contribution in [-0.4, -0.2) is 34.3 Å². The lowest BCUT2D eigenvalue weighted by Gasteiger charge is -2.27. The molecule has 0 aromatic carbocycles. The largest absolute Gasteiger partial charge is 0.406 e. The maximum Gasteiger partial charge on any atom is 0.315 e. The van der Waals surface area contributed by atoms with Gasteiger partial charge in [-0.2, -0.15) is 11.8 Å². The number of anilines is 1. The number of thioether (sulfide) groups is 1. The van der Waals surface area contributed by atoms with E-state index in [-0.39, 0.29) is 6.04 Å². The highest BCUT2D eigenvalue weighted by Gasteiger charge is 2.23. The fourth-order valence-corrected chi connectivity index (χ4v) is 3.41. The van der Waals surface area contributed by atoms with Gasteiger partial charge in [-0.1, -0.05) is 18.4 Å². The molecule has 1 aliphatic rings. The molecule has 1 aliphatic carbocycles. The Morgan fingerprint density at radius 1 is 1.40 bits per heavy atom. The van der Waals surface area contributed by atoms with E-state index in [4.69, 9.17) is 4.42 Å². The number of rotatable bonds is 7. The Morgan fingerprint density at radius 2 is 2.25 bits per heavy atom. The van der Waals surface area contributed by atoms with Crippen molar-refractivity contribution >= 4 is 17.8 Å². The first-order valence-corrected chi connectivity index (χ1v) is 8.87. The summed E-state index contributed by atoms with van der Waals surface area (Å²) in [7, 11) is 0. The zero-order chi connectivity index (χ0) is 14.4. The van der Waals surface area contributed by atoms with Crippen LogP contribution in [0.5, 0.6) is 0 Å². The minimum atomic E-state index is 0.114. The second-order valence-electron chi connectivity index (χ2n) is 5.49. The third-order valence-electron chi connectivity index (χ3n) is 3.80. The Balaban J connectivity index is 1.85. The molecule has 3 atom stereocenters. The summed E-state index contributed by atoms with van der Waals surface area (Å²) in [5.74, 6) is 0.665. The van der Waals surface area contributed by atoms with Gasteiger partial charge in [0.1, 0.15) is 0 Å². The normalized spacial score (nSPS) is 24.6. The van der Waals surface area contributed by atoms with E-state index < -0.39 is 0 Å². The molecule has 0 spiro atoms. The second-order valence-corrected chi connectivity index (χ2v) is 6.62. The number of aromatic nitrogens is 2. The topological polar surface area (TPSA) is 63.0 Å². The van der Waals surface area contributed by atoms with Gasteiger partial charge in [-0.25, -0.2) is 0 Å². The molecule has 1 aromatic heterocycles. The Morgan fingerprint density at radius 3 is 3.00 bits per heavy atom. The van der Waals surface area contributed by atoms with E-state index in [1.807, 2.05) is 11.8 Å². The summed E-state index contributed by atoms with van der Waals surface area (Å²) in [6, 6.07) is 1.15. The monoisotopic (exact) mass is 298 g/mol. The molecule has 2 rings (SSSR count). The van der Waals surface area contributed by atoms with Crippen LogP contribution in [0.2, 0.25) is 0 Å². The Labute approximate surface area is 125 Å². The van der Waals surface area contributed by atoms with E-state index in [1.165, 1.54) is 25.7 Å². The van der Waals surface area contributed by atoms with Crippen LogP contribution >= 0.6 is 11.8 Å². The van der Waals surface area contributed by atoms with Crippen LogP contribution in [0, 0.1) is 0 Å². The van der Waals surface area contributed by atoms with Crippen LogP contribution in [0.1, 0.15) is 57.9 Å². The van der Waals surface area contributed by atoms with Gasteiger partial charge in [0.05, 0.1) is 6.04 Å². The van der Waals surface area contributed by atoms with Crippen molar-refractivity contribution in [1.29, 1.82) is 0 Å². The second kappa shape index (κ2) is 7.88. The third kappa shape index (κ3) is 4.38. The molecule has 0 radical (unpaired) electrons. The van der Waals surface area contributed by atoms with Gasteiger partial charge in [0.2, 0.25) is 5.89 Å². The van der Waals surface area contributed by atoms with Crippen LogP contribution in [0.25, 0.3) is 0 Å². The summed E-state index contributed by atoms with van der Waals surface area (Å²) < 4.78 is 5.71. The SMILES string of the molecule is CCCNC(C)c1nnc(NC2CCCC(SC)C2)o1. The van der Waals surface area contributed by atoms with Crippen LogP contribution in [0.4, 0.5) is 6.01 Å². The van der Waals surface area contributed by atoms with Crippen LogP contribution in [0.3, 0.4) is 0 Å². The zero-order valence-electron chi connectivity index (χ0n) is 12.7. The van der Waals surface area contributed by atoms with Gasteiger partial charge >= 0.3 is 6.01 Å². The molecule has 114 valence electrons. The lowest BCUT2D eigenvalue weighted by Crippen LogP contribution is -2.28. The zero-order valence-corrected chi connectivity index (χ0v) is 13.5. The molecule has 5 nitrogen and oxygen atoms in total. The van der Waals surface area contributed by atoms with Gasteiger partial charge in [-0.15, -0.1) is 5.10 Å². The minimum absolute atomic E-state index is 0.114. The lowest BCUT2D eigenvalue weighted by atomic mass is 9.95. The van der Waals surface area contributed by atoms with Crippen molar-refractivity contribution in [3.63, 3.8) is 0 Å². The first kappa shape index (κ1) is 15.6. The number of hydrogen-bond acceptors (Lipinski definition) is 6. The summed E-state index contributed by atoms with van der Waals surface area (Å²) in [5.41, 5.74) is 0. The molecule has 0 aliphatic heterocycles. The smallest absolute Gasteiger partial charge is 0.315 e. The molecule has 6 heteroatoms. The first-order valence-electron chi connectivity index (χ1n) is 7.59. The molecule has 1 saturated carbocycles. The predicted molar refractivity (Wildman–Crippen MR) is 84.2 cm³/mol. The third-order valence-corrected chi connectivity index (χ3v) is 4.89. The highest BCUT2D eigenvalue weighted by atomic mass is 32.2. The van der Waals surface area contributed by atoms with Crippen molar-refractivity contribution in [3.8, 4) is 0 Å². The maximum atomic E-state index is 5.71. The number of nitrogens with one attached hydrogen (secondary N) is 2. The predicted octanol–water partition coefficient (Wildman–Crippen LogP) is 3.22. The summed E-state index contributed by atoms with van der Waals surface area (Å²) in [4.78, 5) is 0.